The van der Waals surface area contributed by atoms with E-state index in [0.29, 0.717) is 6.61 Å². The molecule has 2 atom stereocenters. The number of allylic oxidation sites excluding steroid dienone is 6. The first-order valence-corrected chi connectivity index (χ1v) is 9.37. The summed E-state index contributed by atoms with van der Waals surface area (Å²) in [4.78, 5) is 23.1. The average molecular weight is 381 g/mol. The topological polar surface area (TPSA) is 69.4 Å². The van der Waals surface area contributed by atoms with Crippen LogP contribution >= 0.6 is 0 Å². The first-order valence-electron chi connectivity index (χ1n) is 9.37. The molecule has 0 bridgehead atoms. The van der Waals surface area contributed by atoms with E-state index in [1.165, 1.54) is 12.1 Å². The van der Waals surface area contributed by atoms with E-state index in [-0.39, 0.29) is 17.6 Å². The molecule has 1 aliphatic carbocycles. The number of nitrogens with zero attached hydrogens (tertiary/aromatic N) is 1. The second-order valence-electron chi connectivity index (χ2n) is 7.18. The zero-order valence-electron chi connectivity index (χ0n) is 17.1. The molecule has 0 N–H and O–H groups in total. The highest BCUT2D eigenvalue weighted by atomic mass is 16.6. The van der Waals surface area contributed by atoms with Gasteiger partial charge in [-0.1, -0.05) is 46.6 Å². The third-order valence-corrected chi connectivity index (χ3v) is 4.75. The summed E-state index contributed by atoms with van der Waals surface area (Å²) in [5.41, 5.74) is 5.13. The molecule has 1 aromatic rings. The third-order valence-electron chi connectivity index (χ3n) is 4.75. The minimum Gasteiger partial charge on any atom is -0.466 e. The highest BCUT2D eigenvalue weighted by Crippen LogP contribution is 2.34. The van der Waals surface area contributed by atoms with Crippen molar-refractivity contribution in [1.29, 1.82) is 0 Å². The Hall–Kier alpha value is -2.95. The number of nitro groups is 1. The quantitative estimate of drug-likeness (QED) is 0.376. The number of rotatable bonds is 5. The van der Waals surface area contributed by atoms with E-state index >= 15 is 0 Å². The van der Waals surface area contributed by atoms with Gasteiger partial charge in [0.05, 0.1) is 17.4 Å². The molecule has 148 valence electrons. The molecule has 0 saturated heterocycles. The highest BCUT2D eigenvalue weighted by molar-refractivity contribution is 5.77. The van der Waals surface area contributed by atoms with Crippen LogP contribution in [-0.4, -0.2) is 17.5 Å². The number of hydrogen-bond donors (Lipinski definition) is 0. The molecule has 2 rings (SSSR count). The van der Waals surface area contributed by atoms with Gasteiger partial charge in [-0.3, -0.25) is 14.9 Å². The molecule has 0 aromatic heterocycles. The van der Waals surface area contributed by atoms with Crippen LogP contribution in [0.2, 0.25) is 0 Å². The maximum atomic E-state index is 12.7. The number of non-ortho nitro benzene ring substituents is 1. The summed E-state index contributed by atoms with van der Waals surface area (Å²) in [5.74, 6) is -0.813. The average Bonchev–Trinajstić information content (AvgIpc) is 2.60. The Morgan fingerprint density at radius 3 is 2.36 bits per heavy atom. The van der Waals surface area contributed by atoms with Crippen LogP contribution in [0, 0.1) is 22.0 Å². The summed E-state index contributed by atoms with van der Waals surface area (Å²) in [6.07, 6.45) is 8.10. The molecule has 0 aliphatic heterocycles. The van der Waals surface area contributed by atoms with Crippen LogP contribution in [0.4, 0.5) is 5.69 Å². The van der Waals surface area contributed by atoms with Gasteiger partial charge in [-0.2, -0.15) is 0 Å². The van der Waals surface area contributed by atoms with Crippen molar-refractivity contribution >= 4 is 17.7 Å². The van der Waals surface area contributed by atoms with Crippen LogP contribution in [0.15, 0.2) is 64.8 Å². The Kier molecular flexibility index (Phi) is 7.10. The summed E-state index contributed by atoms with van der Waals surface area (Å²) in [6.45, 7) is 10.2. The molecule has 5 heteroatoms. The molecule has 0 heterocycles. The van der Waals surface area contributed by atoms with Crippen LogP contribution in [0.3, 0.4) is 0 Å². The zero-order chi connectivity index (χ0) is 20.8. The molecule has 0 radical (unpaired) electrons. The lowest BCUT2D eigenvalue weighted by molar-refractivity contribution is -0.384. The summed E-state index contributed by atoms with van der Waals surface area (Å²) in [6, 6.07) is 6.41. The molecular formula is C23H27NO4. The third kappa shape index (κ3) is 5.28. The lowest BCUT2D eigenvalue weighted by Gasteiger charge is -2.27. The SMILES string of the molecule is CCOC(=O)[C@@H]1\C=C(C)/C=C(C)\C=C(\C)[C@H]1/C(C)=C/c1ccc([N+](=O)[O-])cc1. The summed E-state index contributed by atoms with van der Waals surface area (Å²) >= 11 is 0. The summed E-state index contributed by atoms with van der Waals surface area (Å²) < 4.78 is 5.34. The van der Waals surface area contributed by atoms with Gasteiger partial charge >= 0.3 is 5.97 Å². The van der Waals surface area contributed by atoms with Gasteiger partial charge in [0.1, 0.15) is 0 Å². The minimum absolute atomic E-state index is 0.0561. The van der Waals surface area contributed by atoms with Crippen LogP contribution in [0.1, 0.15) is 40.2 Å². The Labute approximate surface area is 166 Å². The first-order chi connectivity index (χ1) is 13.2. The zero-order valence-corrected chi connectivity index (χ0v) is 17.1. The van der Waals surface area contributed by atoms with Crippen molar-refractivity contribution in [2.75, 3.05) is 6.61 Å². The number of ether oxygens (including phenoxy) is 1. The standard InChI is InChI=1S/C23H27NO4/c1-6-28-23(25)21-13-16(3)11-15(2)12-17(4)22(21)18(5)14-19-7-9-20(10-8-19)24(26)27/h7-14,21-22H,6H2,1-5H3/b15-11-,16-13-,17-12-,18-14+/t21-,22+/m1/s1. The van der Waals surface area contributed by atoms with Gasteiger partial charge in [0.25, 0.3) is 5.69 Å². The van der Waals surface area contributed by atoms with Crippen LogP contribution in [0.25, 0.3) is 6.08 Å². The Morgan fingerprint density at radius 2 is 1.79 bits per heavy atom. The lowest BCUT2D eigenvalue weighted by Crippen LogP contribution is -2.27. The lowest BCUT2D eigenvalue weighted by atomic mass is 9.78. The van der Waals surface area contributed by atoms with E-state index in [2.05, 4.69) is 12.2 Å². The van der Waals surface area contributed by atoms with Crippen molar-refractivity contribution in [3.05, 3.63) is 80.5 Å². The van der Waals surface area contributed by atoms with Crippen molar-refractivity contribution < 1.29 is 14.5 Å². The van der Waals surface area contributed by atoms with Gasteiger partial charge in [-0.15, -0.1) is 0 Å². The van der Waals surface area contributed by atoms with Gasteiger partial charge in [0, 0.05) is 18.1 Å². The molecule has 0 spiro atoms. The van der Waals surface area contributed by atoms with E-state index in [1.54, 1.807) is 19.1 Å². The smallest absolute Gasteiger partial charge is 0.313 e. The predicted molar refractivity (Wildman–Crippen MR) is 112 cm³/mol. The molecule has 0 unspecified atom stereocenters. The maximum Gasteiger partial charge on any atom is 0.313 e. The Bertz CT molecular complexity index is 872. The molecule has 0 fully saturated rings. The van der Waals surface area contributed by atoms with Gasteiger partial charge < -0.3 is 4.74 Å². The summed E-state index contributed by atoms with van der Waals surface area (Å²) in [7, 11) is 0. The maximum absolute atomic E-state index is 12.7. The number of nitro benzene ring substituents is 1. The molecule has 28 heavy (non-hydrogen) atoms. The largest absolute Gasteiger partial charge is 0.466 e. The van der Waals surface area contributed by atoms with E-state index in [1.807, 2.05) is 39.8 Å². The Morgan fingerprint density at radius 1 is 1.14 bits per heavy atom. The van der Waals surface area contributed by atoms with E-state index in [4.69, 9.17) is 4.74 Å². The van der Waals surface area contributed by atoms with Gasteiger partial charge in [0.2, 0.25) is 0 Å². The molecule has 0 amide bonds. The van der Waals surface area contributed by atoms with E-state index in [0.717, 1.165) is 27.9 Å². The second kappa shape index (κ2) is 9.31. The fourth-order valence-electron chi connectivity index (χ4n) is 3.69. The van der Waals surface area contributed by atoms with E-state index in [9.17, 15) is 14.9 Å². The molecule has 5 nitrogen and oxygen atoms in total. The van der Waals surface area contributed by atoms with Crippen molar-refractivity contribution in [2.45, 2.75) is 34.6 Å². The van der Waals surface area contributed by atoms with Crippen molar-refractivity contribution in [1.82, 2.24) is 0 Å². The summed E-state index contributed by atoms with van der Waals surface area (Å²) in [5, 5.41) is 10.9. The van der Waals surface area contributed by atoms with Crippen molar-refractivity contribution in [3.63, 3.8) is 0 Å². The van der Waals surface area contributed by atoms with Crippen molar-refractivity contribution in [2.24, 2.45) is 11.8 Å². The number of carbonyl (C=O) groups is 1. The number of esters is 1. The van der Waals surface area contributed by atoms with Crippen LogP contribution < -0.4 is 0 Å². The highest BCUT2D eigenvalue weighted by Gasteiger charge is 2.31. The number of carbonyl (C=O) groups excluding carboxylic acids is 1. The second-order valence-corrected chi connectivity index (χ2v) is 7.18. The molecule has 1 aliphatic rings. The molecule has 1 aromatic carbocycles. The predicted octanol–water partition coefficient (Wildman–Crippen LogP) is 5.65. The normalized spacial score (nSPS) is 25.9. The number of hydrogen-bond acceptors (Lipinski definition) is 4. The van der Waals surface area contributed by atoms with Gasteiger partial charge in [-0.05, 0) is 52.3 Å². The Balaban J connectivity index is 2.49. The van der Waals surface area contributed by atoms with Crippen molar-refractivity contribution in [3.8, 4) is 0 Å². The fourth-order valence-corrected chi connectivity index (χ4v) is 3.69. The number of benzene rings is 1. The fraction of sp³-hybridized carbons (Fsp3) is 0.348. The first kappa shape index (κ1) is 21.4. The van der Waals surface area contributed by atoms with Gasteiger partial charge in [0.15, 0.2) is 0 Å². The van der Waals surface area contributed by atoms with Gasteiger partial charge in [-0.25, -0.2) is 0 Å². The van der Waals surface area contributed by atoms with Crippen LogP contribution in [0.5, 0.6) is 0 Å². The minimum atomic E-state index is -0.421. The molecular weight excluding hydrogens is 354 g/mol. The molecule has 0 saturated carbocycles. The van der Waals surface area contributed by atoms with Crippen LogP contribution in [-0.2, 0) is 9.53 Å². The monoisotopic (exact) mass is 381 g/mol. The van der Waals surface area contributed by atoms with E-state index < -0.39 is 10.8 Å².